The Labute approximate surface area is 152 Å². The summed E-state index contributed by atoms with van der Waals surface area (Å²) in [5, 5.41) is 3.52. The number of halogens is 1. The molecule has 0 unspecified atom stereocenters. The minimum atomic E-state index is -0.365. The molecule has 0 bridgehead atoms. The fraction of sp³-hybridized carbons (Fsp3) is 0.300. The summed E-state index contributed by atoms with van der Waals surface area (Å²) in [6.07, 6.45) is 1.07. The normalized spacial score (nSPS) is 17.0. The Hall–Kier alpha value is -2.33. The van der Waals surface area contributed by atoms with Crippen molar-refractivity contribution in [2.75, 3.05) is 16.8 Å². The first-order valence-corrected chi connectivity index (χ1v) is 8.83. The molecule has 0 spiro atoms. The van der Waals surface area contributed by atoms with Gasteiger partial charge in [0, 0.05) is 29.4 Å². The van der Waals surface area contributed by atoms with Crippen LogP contribution in [0.15, 0.2) is 42.5 Å². The molecule has 1 aliphatic heterocycles. The number of benzene rings is 2. The van der Waals surface area contributed by atoms with Gasteiger partial charge in [0.25, 0.3) is 0 Å². The first-order valence-electron chi connectivity index (χ1n) is 8.45. The van der Waals surface area contributed by atoms with Crippen LogP contribution in [0.3, 0.4) is 0 Å². The molecule has 0 saturated carbocycles. The molecule has 0 radical (unpaired) electrons. The molecule has 130 valence electrons. The van der Waals surface area contributed by atoms with E-state index in [2.05, 4.69) is 12.2 Å². The van der Waals surface area contributed by atoms with Gasteiger partial charge < -0.3 is 10.2 Å². The number of hydrogen-bond acceptors (Lipinski definition) is 2. The fourth-order valence-corrected chi connectivity index (χ4v) is 3.34. The predicted molar refractivity (Wildman–Crippen MR) is 101 cm³/mol. The summed E-state index contributed by atoms with van der Waals surface area (Å²) in [6.45, 7) is 4.33. The van der Waals surface area contributed by atoms with E-state index in [4.69, 9.17) is 11.6 Å². The Morgan fingerprint density at radius 2 is 2.00 bits per heavy atom. The molecular weight excluding hydrogens is 336 g/mol. The van der Waals surface area contributed by atoms with Crippen LogP contribution in [0.1, 0.15) is 24.5 Å². The van der Waals surface area contributed by atoms with Gasteiger partial charge in [-0.15, -0.1) is 0 Å². The summed E-state index contributed by atoms with van der Waals surface area (Å²) >= 11 is 6.10. The van der Waals surface area contributed by atoms with Gasteiger partial charge in [-0.1, -0.05) is 42.8 Å². The Kier molecular flexibility index (Phi) is 5.09. The lowest BCUT2D eigenvalue weighted by Gasteiger charge is -2.20. The smallest absolute Gasteiger partial charge is 0.229 e. The number of nitrogens with zero attached hydrogens (tertiary/aromatic N) is 1. The van der Waals surface area contributed by atoms with Crippen LogP contribution in [0.5, 0.6) is 0 Å². The van der Waals surface area contributed by atoms with E-state index in [0.717, 1.165) is 23.2 Å². The average Bonchev–Trinajstić information content (AvgIpc) is 3.00. The number of rotatable bonds is 4. The van der Waals surface area contributed by atoms with E-state index in [9.17, 15) is 9.59 Å². The topological polar surface area (TPSA) is 49.4 Å². The molecule has 1 N–H and O–H groups in total. The van der Waals surface area contributed by atoms with E-state index in [1.54, 1.807) is 17.0 Å². The number of para-hydroxylation sites is 1. The van der Waals surface area contributed by atoms with Gasteiger partial charge >= 0.3 is 0 Å². The van der Waals surface area contributed by atoms with Crippen molar-refractivity contribution < 1.29 is 9.59 Å². The second kappa shape index (κ2) is 7.28. The van der Waals surface area contributed by atoms with Crippen molar-refractivity contribution in [3.8, 4) is 0 Å². The van der Waals surface area contributed by atoms with Crippen molar-refractivity contribution in [2.24, 2.45) is 5.92 Å². The first kappa shape index (κ1) is 17.5. The van der Waals surface area contributed by atoms with Crippen molar-refractivity contribution in [2.45, 2.75) is 26.7 Å². The number of carbonyl (C=O) groups is 2. The lowest BCUT2D eigenvalue weighted by molar-refractivity contribution is -0.122. The van der Waals surface area contributed by atoms with Crippen LogP contribution in [0.2, 0.25) is 5.02 Å². The molecule has 1 heterocycles. The molecule has 2 aromatic rings. The minimum absolute atomic E-state index is 0.0103. The standard InChI is InChI=1S/C20H21ClN2O2/c1-3-14-7-4-5-10-18(14)23-12-15(11-19(23)24)20(25)22-17-9-6-8-16(21)13(17)2/h4-10,15H,3,11-12H2,1-2H3,(H,22,25)/t15-/m1/s1. The second-order valence-electron chi connectivity index (χ2n) is 6.29. The summed E-state index contributed by atoms with van der Waals surface area (Å²) in [7, 11) is 0. The zero-order valence-corrected chi connectivity index (χ0v) is 15.1. The van der Waals surface area contributed by atoms with E-state index in [0.29, 0.717) is 17.3 Å². The Balaban J connectivity index is 1.76. The zero-order valence-electron chi connectivity index (χ0n) is 14.4. The average molecular weight is 357 g/mol. The van der Waals surface area contributed by atoms with Gasteiger partial charge in [-0.3, -0.25) is 9.59 Å². The van der Waals surface area contributed by atoms with Gasteiger partial charge in [0.1, 0.15) is 0 Å². The molecular formula is C20H21ClN2O2. The summed E-state index contributed by atoms with van der Waals surface area (Å²) in [5.74, 6) is -0.519. The van der Waals surface area contributed by atoms with Crippen LogP contribution < -0.4 is 10.2 Å². The monoisotopic (exact) mass is 356 g/mol. The zero-order chi connectivity index (χ0) is 18.0. The predicted octanol–water partition coefficient (Wildman–Crippen LogP) is 4.20. The molecule has 1 aliphatic rings. The van der Waals surface area contributed by atoms with E-state index in [1.807, 2.05) is 37.3 Å². The maximum Gasteiger partial charge on any atom is 0.229 e. The third-order valence-corrected chi connectivity index (χ3v) is 5.09. The van der Waals surface area contributed by atoms with Crippen molar-refractivity contribution in [3.63, 3.8) is 0 Å². The molecule has 1 fully saturated rings. The van der Waals surface area contributed by atoms with Gasteiger partial charge in [0.15, 0.2) is 0 Å². The molecule has 2 amide bonds. The maximum atomic E-state index is 12.6. The summed E-state index contributed by atoms with van der Waals surface area (Å²) in [5.41, 5.74) is 3.54. The largest absolute Gasteiger partial charge is 0.325 e. The van der Waals surface area contributed by atoms with Crippen LogP contribution in [0.4, 0.5) is 11.4 Å². The van der Waals surface area contributed by atoms with Gasteiger partial charge in [0.2, 0.25) is 11.8 Å². The van der Waals surface area contributed by atoms with E-state index < -0.39 is 0 Å². The molecule has 2 aromatic carbocycles. The van der Waals surface area contributed by atoms with Gasteiger partial charge in [0.05, 0.1) is 5.92 Å². The minimum Gasteiger partial charge on any atom is -0.325 e. The van der Waals surface area contributed by atoms with Crippen LogP contribution >= 0.6 is 11.6 Å². The molecule has 3 rings (SSSR count). The first-order chi connectivity index (χ1) is 12.0. The molecule has 25 heavy (non-hydrogen) atoms. The molecule has 5 heteroatoms. The molecule has 1 atom stereocenters. The third-order valence-electron chi connectivity index (χ3n) is 4.68. The van der Waals surface area contributed by atoms with E-state index in [-0.39, 0.29) is 24.2 Å². The van der Waals surface area contributed by atoms with Crippen LogP contribution in [-0.2, 0) is 16.0 Å². The number of anilines is 2. The number of aryl methyl sites for hydroxylation is 1. The number of nitrogens with one attached hydrogen (secondary N) is 1. The van der Waals surface area contributed by atoms with Gasteiger partial charge in [-0.05, 0) is 42.7 Å². The molecule has 1 saturated heterocycles. The summed E-state index contributed by atoms with van der Waals surface area (Å²) < 4.78 is 0. The Bertz CT molecular complexity index is 819. The van der Waals surface area contributed by atoms with E-state index in [1.165, 1.54) is 0 Å². The number of amides is 2. The highest BCUT2D eigenvalue weighted by Gasteiger charge is 2.35. The van der Waals surface area contributed by atoms with Crippen molar-refractivity contribution in [3.05, 3.63) is 58.6 Å². The fourth-order valence-electron chi connectivity index (χ4n) is 3.17. The highest BCUT2D eigenvalue weighted by atomic mass is 35.5. The lowest BCUT2D eigenvalue weighted by Crippen LogP contribution is -2.28. The highest BCUT2D eigenvalue weighted by Crippen LogP contribution is 2.30. The second-order valence-corrected chi connectivity index (χ2v) is 6.70. The molecule has 4 nitrogen and oxygen atoms in total. The van der Waals surface area contributed by atoms with Gasteiger partial charge in [-0.2, -0.15) is 0 Å². The number of carbonyl (C=O) groups excluding carboxylic acids is 2. The summed E-state index contributed by atoms with van der Waals surface area (Å²) in [6, 6.07) is 13.3. The third kappa shape index (κ3) is 3.54. The highest BCUT2D eigenvalue weighted by molar-refractivity contribution is 6.31. The van der Waals surface area contributed by atoms with Crippen molar-refractivity contribution in [1.82, 2.24) is 0 Å². The lowest BCUT2D eigenvalue weighted by atomic mass is 10.1. The van der Waals surface area contributed by atoms with Crippen LogP contribution in [-0.4, -0.2) is 18.4 Å². The summed E-state index contributed by atoms with van der Waals surface area (Å²) in [4.78, 5) is 26.8. The van der Waals surface area contributed by atoms with Crippen molar-refractivity contribution >= 4 is 34.8 Å². The molecule has 0 aliphatic carbocycles. The maximum absolute atomic E-state index is 12.6. The van der Waals surface area contributed by atoms with Gasteiger partial charge in [-0.25, -0.2) is 0 Å². The SMILES string of the molecule is CCc1ccccc1N1C[C@H](C(=O)Nc2cccc(Cl)c2C)CC1=O. The Morgan fingerprint density at radius 1 is 1.24 bits per heavy atom. The Morgan fingerprint density at radius 3 is 2.76 bits per heavy atom. The number of hydrogen-bond donors (Lipinski definition) is 1. The quantitative estimate of drug-likeness (QED) is 0.892. The van der Waals surface area contributed by atoms with E-state index >= 15 is 0 Å². The van der Waals surface area contributed by atoms with Crippen LogP contribution in [0, 0.1) is 12.8 Å². The van der Waals surface area contributed by atoms with Crippen LogP contribution in [0.25, 0.3) is 0 Å². The van der Waals surface area contributed by atoms with Crippen molar-refractivity contribution in [1.29, 1.82) is 0 Å². The molecule has 0 aromatic heterocycles.